The fourth-order valence-corrected chi connectivity index (χ4v) is 2.82. The lowest BCUT2D eigenvalue weighted by Crippen LogP contribution is -2.34. The molecule has 0 saturated carbocycles. The van der Waals surface area contributed by atoms with Crippen molar-refractivity contribution in [1.82, 2.24) is 10.2 Å². The molecule has 1 saturated heterocycles. The molecule has 1 heterocycles. The van der Waals surface area contributed by atoms with E-state index >= 15 is 0 Å². The molecule has 0 amide bonds. The van der Waals surface area contributed by atoms with E-state index in [2.05, 4.69) is 17.3 Å². The summed E-state index contributed by atoms with van der Waals surface area (Å²) in [7, 11) is 2.13. The van der Waals surface area contributed by atoms with Gasteiger partial charge in [0, 0.05) is 24.2 Å². The Balaban J connectivity index is 1.92. The quantitative estimate of drug-likeness (QED) is 0.662. The largest absolute Gasteiger partial charge is 0.317 e. The predicted molar refractivity (Wildman–Crippen MR) is 79.9 cm³/mol. The highest BCUT2D eigenvalue weighted by Gasteiger charge is 2.18. The Morgan fingerprint density at radius 2 is 2.15 bits per heavy atom. The van der Waals surface area contributed by atoms with Crippen LogP contribution >= 0.6 is 0 Å². The number of nitro benzene ring substituents is 1. The van der Waals surface area contributed by atoms with Gasteiger partial charge in [0.05, 0.1) is 4.92 Å². The SMILES string of the molecule is CN(CCc1ccccc1[N+](=O)[O-])C1CCCNCC1. The topological polar surface area (TPSA) is 58.4 Å². The second-order valence-corrected chi connectivity index (χ2v) is 5.45. The van der Waals surface area contributed by atoms with Crippen LogP contribution in [0.2, 0.25) is 0 Å². The van der Waals surface area contributed by atoms with E-state index in [4.69, 9.17) is 0 Å². The summed E-state index contributed by atoms with van der Waals surface area (Å²) in [6.07, 6.45) is 4.31. The van der Waals surface area contributed by atoms with Crippen molar-refractivity contribution >= 4 is 5.69 Å². The molecule has 0 aromatic heterocycles. The molecule has 1 unspecified atom stereocenters. The Morgan fingerprint density at radius 3 is 2.95 bits per heavy atom. The highest BCUT2D eigenvalue weighted by Crippen LogP contribution is 2.19. The van der Waals surface area contributed by atoms with E-state index in [-0.39, 0.29) is 10.6 Å². The number of likely N-dealkylation sites (N-methyl/N-ethyl adjacent to an activating group) is 1. The van der Waals surface area contributed by atoms with Crippen molar-refractivity contribution in [3.05, 3.63) is 39.9 Å². The van der Waals surface area contributed by atoms with Crippen LogP contribution in [-0.4, -0.2) is 42.5 Å². The fourth-order valence-electron chi connectivity index (χ4n) is 2.82. The Labute approximate surface area is 120 Å². The van der Waals surface area contributed by atoms with E-state index in [0.29, 0.717) is 6.04 Å². The molecule has 1 aliphatic rings. The average molecular weight is 277 g/mol. The van der Waals surface area contributed by atoms with Gasteiger partial charge in [0.1, 0.15) is 0 Å². The van der Waals surface area contributed by atoms with Gasteiger partial charge in [-0.25, -0.2) is 0 Å². The van der Waals surface area contributed by atoms with Crippen LogP contribution in [0.25, 0.3) is 0 Å². The van der Waals surface area contributed by atoms with Crippen LogP contribution in [0.1, 0.15) is 24.8 Å². The van der Waals surface area contributed by atoms with Crippen molar-refractivity contribution < 1.29 is 4.92 Å². The number of benzene rings is 1. The Hall–Kier alpha value is -1.46. The molecule has 1 N–H and O–H groups in total. The minimum absolute atomic E-state index is 0.239. The third kappa shape index (κ3) is 4.02. The van der Waals surface area contributed by atoms with Gasteiger partial charge in [-0.1, -0.05) is 18.2 Å². The molecular formula is C15H23N3O2. The van der Waals surface area contributed by atoms with Crippen molar-refractivity contribution in [2.75, 3.05) is 26.7 Å². The number of nitro groups is 1. The number of hydrogen-bond donors (Lipinski definition) is 1. The third-order valence-corrected chi connectivity index (χ3v) is 4.09. The first-order valence-electron chi connectivity index (χ1n) is 7.31. The smallest absolute Gasteiger partial charge is 0.272 e. The Kier molecular flexibility index (Phi) is 5.49. The van der Waals surface area contributed by atoms with Crippen LogP contribution in [0.4, 0.5) is 5.69 Å². The summed E-state index contributed by atoms with van der Waals surface area (Å²) >= 11 is 0. The van der Waals surface area contributed by atoms with E-state index in [9.17, 15) is 10.1 Å². The molecule has 0 spiro atoms. The molecule has 0 radical (unpaired) electrons. The van der Waals surface area contributed by atoms with E-state index < -0.39 is 0 Å². The molecular weight excluding hydrogens is 254 g/mol. The highest BCUT2D eigenvalue weighted by atomic mass is 16.6. The number of hydrogen-bond acceptors (Lipinski definition) is 4. The first-order chi connectivity index (χ1) is 9.68. The molecule has 5 heteroatoms. The van der Waals surface area contributed by atoms with E-state index in [1.54, 1.807) is 12.1 Å². The highest BCUT2D eigenvalue weighted by molar-refractivity contribution is 5.39. The normalized spacial score (nSPS) is 19.8. The zero-order chi connectivity index (χ0) is 14.4. The Bertz CT molecular complexity index is 442. The lowest BCUT2D eigenvalue weighted by Gasteiger charge is -2.26. The molecule has 110 valence electrons. The van der Waals surface area contributed by atoms with E-state index in [1.165, 1.54) is 12.8 Å². The van der Waals surface area contributed by atoms with Crippen molar-refractivity contribution in [1.29, 1.82) is 0 Å². The van der Waals surface area contributed by atoms with Crippen molar-refractivity contribution in [3.63, 3.8) is 0 Å². The van der Waals surface area contributed by atoms with Crippen molar-refractivity contribution in [2.45, 2.75) is 31.7 Å². The molecule has 1 atom stereocenters. The van der Waals surface area contributed by atoms with E-state index in [1.807, 2.05) is 12.1 Å². The van der Waals surface area contributed by atoms with Gasteiger partial charge in [-0.3, -0.25) is 10.1 Å². The first kappa shape index (κ1) is 14.9. The van der Waals surface area contributed by atoms with Crippen LogP contribution in [0.15, 0.2) is 24.3 Å². The van der Waals surface area contributed by atoms with Crippen LogP contribution in [0.3, 0.4) is 0 Å². The maximum absolute atomic E-state index is 11.0. The second kappa shape index (κ2) is 7.36. The molecule has 0 aliphatic carbocycles. The van der Waals surface area contributed by atoms with Gasteiger partial charge in [-0.2, -0.15) is 0 Å². The van der Waals surface area contributed by atoms with Crippen LogP contribution < -0.4 is 5.32 Å². The van der Waals surface area contributed by atoms with Gasteiger partial charge >= 0.3 is 0 Å². The number of para-hydroxylation sites is 1. The molecule has 0 bridgehead atoms. The molecule has 1 aliphatic heterocycles. The minimum atomic E-state index is -0.287. The van der Waals surface area contributed by atoms with Gasteiger partial charge in [-0.15, -0.1) is 0 Å². The van der Waals surface area contributed by atoms with Gasteiger partial charge in [0.25, 0.3) is 5.69 Å². The summed E-state index contributed by atoms with van der Waals surface area (Å²) < 4.78 is 0. The summed E-state index contributed by atoms with van der Waals surface area (Å²) in [5, 5.41) is 14.4. The number of nitrogens with one attached hydrogen (secondary N) is 1. The standard InChI is InChI=1S/C15H23N3O2/c1-17(14-6-4-10-16-11-8-14)12-9-13-5-2-3-7-15(13)18(19)20/h2-3,5,7,14,16H,4,6,8-12H2,1H3. The number of rotatable bonds is 5. The van der Waals surface area contributed by atoms with Crippen molar-refractivity contribution in [2.24, 2.45) is 0 Å². The van der Waals surface area contributed by atoms with Crippen LogP contribution in [0, 0.1) is 10.1 Å². The number of nitrogens with zero attached hydrogens (tertiary/aromatic N) is 2. The fraction of sp³-hybridized carbons (Fsp3) is 0.600. The van der Waals surface area contributed by atoms with Crippen LogP contribution in [-0.2, 0) is 6.42 Å². The molecule has 1 fully saturated rings. The second-order valence-electron chi connectivity index (χ2n) is 5.45. The molecule has 1 aromatic carbocycles. The average Bonchev–Trinajstić information content (AvgIpc) is 2.74. The lowest BCUT2D eigenvalue weighted by molar-refractivity contribution is -0.385. The maximum Gasteiger partial charge on any atom is 0.272 e. The third-order valence-electron chi connectivity index (χ3n) is 4.09. The van der Waals surface area contributed by atoms with Gasteiger partial charge in [-0.05, 0) is 45.8 Å². The summed E-state index contributed by atoms with van der Waals surface area (Å²) in [4.78, 5) is 13.1. The minimum Gasteiger partial charge on any atom is -0.317 e. The lowest BCUT2D eigenvalue weighted by atomic mass is 10.1. The Morgan fingerprint density at radius 1 is 1.35 bits per heavy atom. The molecule has 2 rings (SSSR count). The summed E-state index contributed by atoms with van der Waals surface area (Å²) in [5.74, 6) is 0. The van der Waals surface area contributed by atoms with Crippen molar-refractivity contribution in [3.8, 4) is 0 Å². The summed E-state index contributed by atoms with van der Waals surface area (Å²) in [5.41, 5.74) is 1.07. The zero-order valence-electron chi connectivity index (χ0n) is 12.0. The first-order valence-corrected chi connectivity index (χ1v) is 7.31. The molecule has 5 nitrogen and oxygen atoms in total. The van der Waals surface area contributed by atoms with Gasteiger partial charge in [0.2, 0.25) is 0 Å². The molecule has 20 heavy (non-hydrogen) atoms. The summed E-state index contributed by atoms with van der Waals surface area (Å²) in [6, 6.07) is 7.64. The van der Waals surface area contributed by atoms with Gasteiger partial charge in [0.15, 0.2) is 0 Å². The molecule has 1 aromatic rings. The monoisotopic (exact) mass is 277 g/mol. The maximum atomic E-state index is 11.0. The van der Waals surface area contributed by atoms with Gasteiger partial charge < -0.3 is 10.2 Å². The zero-order valence-corrected chi connectivity index (χ0v) is 12.0. The van der Waals surface area contributed by atoms with E-state index in [0.717, 1.165) is 38.0 Å². The predicted octanol–water partition coefficient (Wildman–Crippen LogP) is 2.21. The van der Waals surface area contributed by atoms with Crippen LogP contribution in [0.5, 0.6) is 0 Å². The summed E-state index contributed by atoms with van der Waals surface area (Å²) in [6.45, 7) is 3.05.